The number of hydrogen-bond donors (Lipinski definition) is 1. The average Bonchev–Trinajstić information content (AvgIpc) is 2.99. The van der Waals surface area contributed by atoms with Crippen molar-refractivity contribution in [2.24, 2.45) is 0 Å². The second-order valence-electron chi connectivity index (χ2n) is 7.55. The molecule has 2 heterocycles. The molecule has 0 spiro atoms. The highest BCUT2D eigenvalue weighted by atomic mass is 79.9. The predicted molar refractivity (Wildman–Crippen MR) is 117 cm³/mol. The van der Waals surface area contributed by atoms with Crippen molar-refractivity contribution < 1.29 is 4.79 Å². The second-order valence-corrected chi connectivity index (χ2v) is 8.46. The first-order valence-corrected chi connectivity index (χ1v) is 10.5. The fourth-order valence-electron chi connectivity index (χ4n) is 3.96. The number of rotatable bonds is 5. The summed E-state index contributed by atoms with van der Waals surface area (Å²) in [4.78, 5) is 25.9. The number of halogens is 1. The van der Waals surface area contributed by atoms with E-state index in [0.29, 0.717) is 11.1 Å². The van der Waals surface area contributed by atoms with Crippen molar-refractivity contribution in [3.63, 3.8) is 0 Å². The first-order chi connectivity index (χ1) is 13.5. The second kappa shape index (κ2) is 7.55. The summed E-state index contributed by atoms with van der Waals surface area (Å²) in [6.45, 7) is 4.28. The lowest BCUT2D eigenvalue weighted by atomic mass is 10.1. The molecule has 2 aromatic carbocycles. The Hall–Kier alpha value is -2.40. The van der Waals surface area contributed by atoms with Crippen LogP contribution in [0.4, 0.5) is 5.69 Å². The number of benzene rings is 2. The number of hydrogen-bond acceptors (Lipinski definition) is 2. The highest BCUT2D eigenvalue weighted by Gasteiger charge is 2.25. The molecule has 4 rings (SSSR count). The molecule has 1 amide bonds. The Labute approximate surface area is 172 Å². The van der Waals surface area contributed by atoms with Crippen molar-refractivity contribution in [2.75, 3.05) is 5.32 Å². The highest BCUT2D eigenvalue weighted by Crippen LogP contribution is 2.33. The first-order valence-electron chi connectivity index (χ1n) is 9.75. The quantitative estimate of drug-likeness (QED) is 0.573. The maximum Gasteiger partial charge on any atom is 0.261 e. The van der Waals surface area contributed by atoms with Crippen LogP contribution >= 0.6 is 15.9 Å². The summed E-state index contributed by atoms with van der Waals surface area (Å²) in [5.74, 6) is -0.363. The molecule has 1 N–H and O–H groups in total. The lowest BCUT2D eigenvalue weighted by molar-refractivity contribution is 0.102. The molecule has 1 atom stereocenters. The van der Waals surface area contributed by atoms with Gasteiger partial charge in [0.1, 0.15) is 5.56 Å². The van der Waals surface area contributed by atoms with Gasteiger partial charge in [-0.1, -0.05) is 41.4 Å². The van der Waals surface area contributed by atoms with Crippen molar-refractivity contribution in [1.29, 1.82) is 0 Å². The average molecular weight is 439 g/mol. The number of aromatic nitrogens is 1. The van der Waals surface area contributed by atoms with Gasteiger partial charge < -0.3 is 9.88 Å². The van der Waals surface area contributed by atoms with Crippen LogP contribution in [0.25, 0.3) is 10.9 Å². The highest BCUT2D eigenvalue weighted by molar-refractivity contribution is 9.10. The molecule has 0 aliphatic carbocycles. The van der Waals surface area contributed by atoms with Crippen molar-refractivity contribution in [2.45, 2.75) is 45.6 Å². The molecule has 144 valence electrons. The smallest absolute Gasteiger partial charge is 0.261 e. The number of carbonyl (C=O) groups is 1. The summed E-state index contributed by atoms with van der Waals surface area (Å²) in [5, 5.41) is 3.47. The molecule has 0 radical (unpaired) electrons. The van der Waals surface area contributed by atoms with E-state index in [2.05, 4.69) is 45.7 Å². The van der Waals surface area contributed by atoms with Crippen LogP contribution in [0.2, 0.25) is 0 Å². The lowest BCUT2D eigenvalue weighted by Gasteiger charge is -2.13. The minimum atomic E-state index is -0.363. The number of nitrogens with zero attached hydrogens (tertiary/aromatic N) is 1. The van der Waals surface area contributed by atoms with E-state index < -0.39 is 0 Å². The van der Waals surface area contributed by atoms with Crippen LogP contribution < -0.4 is 10.7 Å². The largest absolute Gasteiger partial charge is 0.343 e. The zero-order valence-corrected chi connectivity index (χ0v) is 17.7. The van der Waals surface area contributed by atoms with Gasteiger partial charge in [0, 0.05) is 27.8 Å². The van der Waals surface area contributed by atoms with Gasteiger partial charge in [-0.15, -0.1) is 0 Å². The van der Waals surface area contributed by atoms with Crippen LogP contribution in [0.5, 0.6) is 0 Å². The fourth-order valence-corrected chi connectivity index (χ4v) is 4.46. The first kappa shape index (κ1) is 18.9. The van der Waals surface area contributed by atoms with Gasteiger partial charge >= 0.3 is 0 Å². The van der Waals surface area contributed by atoms with Crippen molar-refractivity contribution in [3.8, 4) is 0 Å². The summed E-state index contributed by atoms with van der Waals surface area (Å²) >= 11 is 3.49. The SMILES string of the molecule is CCCCc1ccc(NC(=O)c2cn3c4c(cc(Br)cc4c2=O)C[C@@H]3C)cc1. The Morgan fingerprint density at radius 3 is 2.71 bits per heavy atom. The minimum Gasteiger partial charge on any atom is -0.343 e. The monoisotopic (exact) mass is 438 g/mol. The Morgan fingerprint density at radius 1 is 1.25 bits per heavy atom. The number of carbonyl (C=O) groups excluding carboxylic acids is 1. The van der Waals surface area contributed by atoms with Gasteiger partial charge in [-0.05, 0) is 61.6 Å². The van der Waals surface area contributed by atoms with E-state index >= 15 is 0 Å². The molecule has 1 aromatic heterocycles. The van der Waals surface area contributed by atoms with E-state index in [1.807, 2.05) is 30.3 Å². The Kier molecular flexibility index (Phi) is 5.11. The third kappa shape index (κ3) is 3.39. The van der Waals surface area contributed by atoms with Crippen LogP contribution in [0, 0.1) is 0 Å². The summed E-state index contributed by atoms with van der Waals surface area (Å²) in [7, 11) is 0. The summed E-state index contributed by atoms with van der Waals surface area (Å²) in [6.07, 6.45) is 5.92. The molecule has 4 nitrogen and oxygen atoms in total. The van der Waals surface area contributed by atoms with Gasteiger partial charge in [-0.25, -0.2) is 0 Å². The van der Waals surface area contributed by atoms with Crippen molar-refractivity contribution in [3.05, 3.63) is 74.0 Å². The Morgan fingerprint density at radius 2 is 2.00 bits per heavy atom. The maximum atomic E-state index is 13.0. The molecule has 5 heteroatoms. The van der Waals surface area contributed by atoms with Gasteiger partial charge in [0.25, 0.3) is 5.91 Å². The van der Waals surface area contributed by atoms with Gasteiger partial charge in [0.15, 0.2) is 0 Å². The van der Waals surface area contributed by atoms with E-state index in [1.54, 1.807) is 6.20 Å². The zero-order chi connectivity index (χ0) is 19.8. The van der Waals surface area contributed by atoms with E-state index in [4.69, 9.17) is 0 Å². The number of amides is 1. The molecule has 1 aliphatic rings. The summed E-state index contributed by atoms with van der Waals surface area (Å²) < 4.78 is 2.93. The number of unbranched alkanes of at least 4 members (excludes halogenated alkanes) is 1. The van der Waals surface area contributed by atoms with Crippen LogP contribution in [-0.2, 0) is 12.8 Å². The van der Waals surface area contributed by atoms with Gasteiger partial charge in [-0.2, -0.15) is 0 Å². The van der Waals surface area contributed by atoms with Crippen LogP contribution in [0.15, 0.2) is 51.9 Å². The number of nitrogens with one attached hydrogen (secondary N) is 1. The summed E-state index contributed by atoms with van der Waals surface area (Å²) in [5.41, 5.74) is 4.00. The third-order valence-corrected chi connectivity index (χ3v) is 5.89. The van der Waals surface area contributed by atoms with Crippen LogP contribution in [0.3, 0.4) is 0 Å². The van der Waals surface area contributed by atoms with Crippen molar-refractivity contribution >= 4 is 38.4 Å². The van der Waals surface area contributed by atoms with Crippen LogP contribution in [-0.4, -0.2) is 10.5 Å². The maximum absolute atomic E-state index is 13.0. The third-order valence-electron chi connectivity index (χ3n) is 5.43. The van der Waals surface area contributed by atoms with E-state index in [1.165, 1.54) is 5.56 Å². The Balaban J connectivity index is 1.67. The molecule has 0 bridgehead atoms. The van der Waals surface area contributed by atoms with E-state index in [-0.39, 0.29) is 22.9 Å². The standard InChI is InChI=1S/C23H23BrN2O2/c1-3-4-5-15-6-8-18(9-7-15)25-23(28)20-13-26-14(2)10-16-11-17(24)12-19(21(16)26)22(20)27/h6-9,11-14H,3-5,10H2,1-2H3,(H,25,28)/t14-/m0/s1. The molecular weight excluding hydrogens is 416 g/mol. The molecule has 0 fully saturated rings. The lowest BCUT2D eigenvalue weighted by Crippen LogP contribution is -2.23. The van der Waals surface area contributed by atoms with Gasteiger partial charge in [-0.3, -0.25) is 9.59 Å². The number of anilines is 1. The zero-order valence-electron chi connectivity index (χ0n) is 16.1. The molecule has 0 unspecified atom stereocenters. The molecule has 0 saturated carbocycles. The molecular formula is C23H23BrN2O2. The number of aryl methyl sites for hydroxylation is 1. The van der Waals surface area contributed by atoms with Gasteiger partial charge in [0.05, 0.1) is 5.52 Å². The van der Waals surface area contributed by atoms with Crippen LogP contribution in [0.1, 0.15) is 54.2 Å². The van der Waals surface area contributed by atoms with Crippen molar-refractivity contribution in [1.82, 2.24) is 4.57 Å². The molecule has 0 saturated heterocycles. The molecule has 3 aromatic rings. The predicted octanol–water partition coefficient (Wildman–Crippen LogP) is 5.48. The molecule has 28 heavy (non-hydrogen) atoms. The van der Waals surface area contributed by atoms with E-state index in [0.717, 1.165) is 41.2 Å². The molecule has 1 aliphatic heterocycles. The summed E-state index contributed by atoms with van der Waals surface area (Å²) in [6, 6.07) is 12.0. The fraction of sp³-hybridized carbons (Fsp3) is 0.304. The normalized spacial score (nSPS) is 15.2. The number of pyridine rings is 1. The Bertz CT molecular complexity index is 1120. The minimum absolute atomic E-state index is 0.181. The van der Waals surface area contributed by atoms with E-state index in [9.17, 15) is 9.59 Å². The topological polar surface area (TPSA) is 51.1 Å². The van der Waals surface area contributed by atoms with Gasteiger partial charge in [0.2, 0.25) is 5.43 Å².